The molecule has 3 nitrogen and oxygen atoms in total. The van der Waals surface area contributed by atoms with Gasteiger partial charge in [-0.2, -0.15) is 9.89 Å². The van der Waals surface area contributed by atoms with Crippen LogP contribution in [0.2, 0.25) is 0 Å². The number of nitrogens with two attached hydrogens (primary N) is 1. The average molecular weight is 212 g/mol. The molecule has 0 saturated carbocycles. The Morgan fingerprint density at radius 1 is 1.45 bits per heavy atom. The number of fused-ring (bicyclic) bond motifs is 1. The van der Waals surface area contributed by atoms with Gasteiger partial charge in [-0.15, -0.1) is 0 Å². The average Bonchev–Trinajstić information content (AvgIpc) is 2.27. The monoisotopic (exact) mass is 211 g/mol. The Kier molecular flexibility index (Phi) is 1.35. The number of halogens is 1. The summed E-state index contributed by atoms with van der Waals surface area (Å²) >= 11 is 3.36. The Morgan fingerprint density at radius 2 is 2.27 bits per heavy atom. The molecule has 1 aromatic carbocycles. The number of rotatable bonds is 0. The molecule has 0 amide bonds. The summed E-state index contributed by atoms with van der Waals surface area (Å²) in [6, 6.07) is 5.84. The zero-order chi connectivity index (χ0) is 7.84. The molecule has 0 aliphatic carbocycles. The second-order valence-corrected chi connectivity index (χ2v) is 3.23. The zero-order valence-corrected chi connectivity index (χ0v) is 7.25. The van der Waals surface area contributed by atoms with Crippen LogP contribution in [0.5, 0.6) is 0 Å². The van der Waals surface area contributed by atoms with Gasteiger partial charge >= 0.3 is 0 Å². The molecule has 0 fully saturated rings. The van der Waals surface area contributed by atoms with Gasteiger partial charge in [0.15, 0.2) is 0 Å². The molecule has 0 aliphatic heterocycles. The predicted molar refractivity (Wildman–Crippen MR) is 47.6 cm³/mol. The molecule has 4 heteroatoms. The molecule has 0 spiro atoms. The van der Waals surface area contributed by atoms with Crippen molar-refractivity contribution < 1.29 is 0 Å². The minimum Gasteiger partial charge on any atom is -0.323 e. The highest BCUT2D eigenvalue weighted by molar-refractivity contribution is 9.10. The summed E-state index contributed by atoms with van der Waals surface area (Å²) in [4.78, 5) is 1.32. The summed E-state index contributed by atoms with van der Waals surface area (Å²) in [7, 11) is 0. The highest BCUT2D eigenvalue weighted by Gasteiger charge is 1.97. The van der Waals surface area contributed by atoms with E-state index in [0.717, 1.165) is 15.4 Å². The molecule has 0 atom stereocenters. The van der Waals surface area contributed by atoms with Crippen LogP contribution in [0.15, 0.2) is 28.9 Å². The summed E-state index contributed by atoms with van der Waals surface area (Å²) in [6.07, 6.45) is 1.78. The van der Waals surface area contributed by atoms with Gasteiger partial charge in [-0.25, -0.2) is 0 Å². The first-order valence-corrected chi connectivity index (χ1v) is 3.95. The Bertz CT molecular complexity index is 393. The van der Waals surface area contributed by atoms with E-state index < -0.39 is 0 Å². The third-order valence-electron chi connectivity index (χ3n) is 1.48. The lowest BCUT2D eigenvalue weighted by Crippen LogP contribution is -2.07. The van der Waals surface area contributed by atoms with Crippen LogP contribution < -0.4 is 5.84 Å². The molecular formula is C7H6BrN3. The van der Waals surface area contributed by atoms with Gasteiger partial charge in [-0.1, -0.05) is 15.9 Å². The van der Waals surface area contributed by atoms with Crippen molar-refractivity contribution in [2.45, 2.75) is 0 Å². The van der Waals surface area contributed by atoms with Crippen LogP contribution in [0.1, 0.15) is 0 Å². The quantitative estimate of drug-likeness (QED) is 0.672. The van der Waals surface area contributed by atoms with Crippen LogP contribution in [0, 0.1) is 0 Å². The summed E-state index contributed by atoms with van der Waals surface area (Å²) in [5, 5.41) is 5.07. The fourth-order valence-corrected chi connectivity index (χ4v) is 1.39. The fourth-order valence-electron chi connectivity index (χ4n) is 1.02. The molecule has 1 heterocycles. The zero-order valence-electron chi connectivity index (χ0n) is 5.66. The van der Waals surface area contributed by atoms with E-state index in [4.69, 9.17) is 5.84 Å². The Hall–Kier alpha value is -1.03. The molecule has 2 N–H and O–H groups in total. The SMILES string of the molecule is Nn1cc2cc(Br)ccc2n1. The number of nitrogen functional groups attached to an aromatic ring is 1. The highest BCUT2D eigenvalue weighted by Crippen LogP contribution is 2.17. The molecule has 2 aromatic rings. The molecular weight excluding hydrogens is 206 g/mol. The molecule has 0 radical (unpaired) electrons. The van der Waals surface area contributed by atoms with E-state index in [9.17, 15) is 0 Å². The molecule has 2 rings (SSSR count). The standard InChI is InChI=1S/C7H6BrN3/c8-6-1-2-7-5(3-6)4-11(9)10-7/h1-4H,9H2. The third-order valence-corrected chi connectivity index (χ3v) is 1.98. The second-order valence-electron chi connectivity index (χ2n) is 2.31. The summed E-state index contributed by atoms with van der Waals surface area (Å²) in [5.74, 6) is 5.43. The van der Waals surface area contributed by atoms with Crippen molar-refractivity contribution in [2.24, 2.45) is 0 Å². The Morgan fingerprint density at radius 3 is 3.09 bits per heavy atom. The molecule has 1 aromatic heterocycles. The van der Waals surface area contributed by atoms with Gasteiger partial charge in [0.2, 0.25) is 0 Å². The third kappa shape index (κ3) is 1.09. The van der Waals surface area contributed by atoms with Crippen LogP contribution in [-0.4, -0.2) is 9.89 Å². The summed E-state index contributed by atoms with van der Waals surface area (Å²) < 4.78 is 1.04. The van der Waals surface area contributed by atoms with E-state index in [0.29, 0.717) is 0 Å². The topological polar surface area (TPSA) is 43.8 Å². The van der Waals surface area contributed by atoms with Gasteiger partial charge in [0.1, 0.15) is 0 Å². The van der Waals surface area contributed by atoms with Crippen molar-refractivity contribution in [3.63, 3.8) is 0 Å². The first kappa shape index (κ1) is 6.67. The van der Waals surface area contributed by atoms with Crippen molar-refractivity contribution in [1.82, 2.24) is 9.89 Å². The van der Waals surface area contributed by atoms with Gasteiger partial charge < -0.3 is 5.84 Å². The first-order valence-electron chi connectivity index (χ1n) is 3.16. The van der Waals surface area contributed by atoms with Crippen LogP contribution in [0.3, 0.4) is 0 Å². The molecule has 0 saturated heterocycles. The van der Waals surface area contributed by atoms with E-state index in [1.54, 1.807) is 6.20 Å². The van der Waals surface area contributed by atoms with Crippen LogP contribution >= 0.6 is 15.9 Å². The van der Waals surface area contributed by atoms with E-state index in [-0.39, 0.29) is 0 Å². The second kappa shape index (κ2) is 2.23. The minimum absolute atomic E-state index is 0.913. The first-order chi connectivity index (χ1) is 5.25. The van der Waals surface area contributed by atoms with E-state index in [2.05, 4.69) is 21.0 Å². The number of nitrogens with zero attached hydrogens (tertiary/aromatic N) is 2. The molecule has 0 unspecified atom stereocenters. The highest BCUT2D eigenvalue weighted by atomic mass is 79.9. The Balaban J connectivity index is 2.82. The molecule has 0 aliphatic rings. The van der Waals surface area contributed by atoms with Crippen LogP contribution in [0.4, 0.5) is 0 Å². The maximum Gasteiger partial charge on any atom is 0.0945 e. The lowest BCUT2D eigenvalue weighted by Gasteiger charge is -1.86. The van der Waals surface area contributed by atoms with Gasteiger partial charge in [0.25, 0.3) is 0 Å². The van der Waals surface area contributed by atoms with Crippen molar-refractivity contribution in [1.29, 1.82) is 0 Å². The number of hydrogen-bond acceptors (Lipinski definition) is 2. The van der Waals surface area contributed by atoms with Crippen molar-refractivity contribution in [3.8, 4) is 0 Å². The number of aromatic nitrogens is 2. The maximum atomic E-state index is 5.43. The molecule has 0 bridgehead atoms. The number of benzene rings is 1. The lowest BCUT2D eigenvalue weighted by molar-refractivity contribution is 0.846. The fraction of sp³-hybridized carbons (Fsp3) is 0. The normalized spacial score (nSPS) is 10.6. The van der Waals surface area contributed by atoms with E-state index >= 15 is 0 Å². The molecule has 56 valence electrons. The van der Waals surface area contributed by atoms with Crippen LogP contribution in [-0.2, 0) is 0 Å². The van der Waals surface area contributed by atoms with Gasteiger partial charge in [0, 0.05) is 9.86 Å². The minimum atomic E-state index is 0.913. The van der Waals surface area contributed by atoms with Crippen LogP contribution in [0.25, 0.3) is 10.9 Å². The molecule has 11 heavy (non-hydrogen) atoms. The van der Waals surface area contributed by atoms with Gasteiger partial charge in [-0.05, 0) is 18.2 Å². The summed E-state index contributed by atoms with van der Waals surface area (Å²) in [5.41, 5.74) is 0.913. The lowest BCUT2D eigenvalue weighted by atomic mass is 10.3. The van der Waals surface area contributed by atoms with Crippen molar-refractivity contribution in [3.05, 3.63) is 28.9 Å². The largest absolute Gasteiger partial charge is 0.323 e. The van der Waals surface area contributed by atoms with Crippen molar-refractivity contribution >= 4 is 26.8 Å². The number of hydrogen-bond donors (Lipinski definition) is 1. The van der Waals surface area contributed by atoms with Crippen molar-refractivity contribution in [2.75, 3.05) is 5.84 Å². The van der Waals surface area contributed by atoms with Gasteiger partial charge in [-0.3, -0.25) is 0 Å². The van der Waals surface area contributed by atoms with Gasteiger partial charge in [0.05, 0.1) is 11.7 Å². The van der Waals surface area contributed by atoms with E-state index in [1.165, 1.54) is 4.79 Å². The predicted octanol–water partition coefficient (Wildman–Crippen LogP) is 1.51. The summed E-state index contributed by atoms with van der Waals surface area (Å²) in [6.45, 7) is 0. The smallest absolute Gasteiger partial charge is 0.0945 e. The maximum absolute atomic E-state index is 5.43. The van der Waals surface area contributed by atoms with E-state index in [1.807, 2.05) is 18.2 Å². The Labute approximate surface area is 71.9 Å².